The van der Waals surface area contributed by atoms with E-state index in [0.29, 0.717) is 0 Å². The van der Waals surface area contributed by atoms with Crippen molar-refractivity contribution in [3.05, 3.63) is 36.0 Å². The number of hydrogen-bond donors (Lipinski definition) is 1. The first-order chi connectivity index (χ1) is 7.09. The van der Waals surface area contributed by atoms with E-state index >= 15 is 0 Å². The van der Waals surface area contributed by atoms with Crippen LogP contribution in [0.25, 0.3) is 10.9 Å². The summed E-state index contributed by atoms with van der Waals surface area (Å²) in [6.07, 6.45) is 1.82. The summed E-state index contributed by atoms with van der Waals surface area (Å²) in [4.78, 5) is 10.9. The molecule has 3 heteroatoms. The molecule has 1 unspecified atom stereocenters. The zero-order valence-electron chi connectivity index (χ0n) is 8.77. The molecule has 1 aromatic heterocycles. The summed E-state index contributed by atoms with van der Waals surface area (Å²) in [5.74, 6) is -0.812. The second-order valence-corrected chi connectivity index (χ2v) is 3.80. The van der Waals surface area contributed by atoms with Gasteiger partial charge in [-0.1, -0.05) is 11.6 Å². The number of fused-ring (bicyclic) bond motifs is 1. The third-order valence-corrected chi connectivity index (χ3v) is 2.65. The lowest BCUT2D eigenvalue weighted by molar-refractivity contribution is -0.140. The molecule has 0 bridgehead atoms. The number of aryl methyl sites for hydroxylation is 1. The zero-order chi connectivity index (χ0) is 11.0. The number of hydrogen-bond acceptors (Lipinski definition) is 1. The molecular formula is C12H13NO2. The first-order valence-corrected chi connectivity index (χ1v) is 4.89. The van der Waals surface area contributed by atoms with E-state index < -0.39 is 12.0 Å². The summed E-state index contributed by atoms with van der Waals surface area (Å²) in [5, 5.41) is 10.0. The number of carboxylic acids is 1. The molecule has 0 radical (unpaired) electrons. The van der Waals surface area contributed by atoms with Crippen molar-refractivity contribution >= 4 is 16.9 Å². The van der Waals surface area contributed by atoms with E-state index in [1.54, 1.807) is 11.5 Å². The minimum absolute atomic E-state index is 0.523. The van der Waals surface area contributed by atoms with Crippen LogP contribution in [0.15, 0.2) is 30.5 Å². The van der Waals surface area contributed by atoms with Crippen LogP contribution < -0.4 is 0 Å². The molecule has 15 heavy (non-hydrogen) atoms. The minimum atomic E-state index is -0.812. The largest absolute Gasteiger partial charge is 0.480 e. The van der Waals surface area contributed by atoms with Gasteiger partial charge in [-0.3, -0.25) is 0 Å². The Balaban J connectivity index is 2.59. The summed E-state index contributed by atoms with van der Waals surface area (Å²) < 4.78 is 1.77. The van der Waals surface area contributed by atoms with Gasteiger partial charge in [0.1, 0.15) is 6.04 Å². The highest BCUT2D eigenvalue weighted by Gasteiger charge is 2.14. The molecule has 0 saturated carbocycles. The number of carbonyl (C=O) groups is 1. The monoisotopic (exact) mass is 203 g/mol. The third kappa shape index (κ3) is 1.61. The summed E-state index contributed by atoms with van der Waals surface area (Å²) in [6.45, 7) is 3.71. The predicted octanol–water partition coefficient (Wildman–Crippen LogP) is 2.60. The Labute approximate surface area is 87.9 Å². The van der Waals surface area contributed by atoms with E-state index in [0.717, 1.165) is 10.9 Å². The van der Waals surface area contributed by atoms with Crippen LogP contribution in [-0.2, 0) is 4.79 Å². The second kappa shape index (κ2) is 3.42. The third-order valence-electron chi connectivity index (χ3n) is 2.65. The number of aliphatic carboxylic acids is 1. The van der Waals surface area contributed by atoms with Crippen LogP contribution in [0.4, 0.5) is 0 Å². The quantitative estimate of drug-likeness (QED) is 0.815. The lowest BCUT2D eigenvalue weighted by Gasteiger charge is -2.10. The van der Waals surface area contributed by atoms with Crippen molar-refractivity contribution in [1.82, 2.24) is 4.57 Å². The van der Waals surface area contributed by atoms with Crippen LogP contribution >= 0.6 is 0 Å². The average molecular weight is 203 g/mol. The Kier molecular flexibility index (Phi) is 2.23. The smallest absolute Gasteiger partial charge is 0.326 e. The number of benzene rings is 1. The van der Waals surface area contributed by atoms with Crippen LogP contribution in [0.1, 0.15) is 18.5 Å². The summed E-state index contributed by atoms with van der Waals surface area (Å²) >= 11 is 0. The highest BCUT2D eigenvalue weighted by Crippen LogP contribution is 2.21. The fourth-order valence-corrected chi connectivity index (χ4v) is 1.74. The fourth-order valence-electron chi connectivity index (χ4n) is 1.74. The van der Waals surface area contributed by atoms with E-state index in [2.05, 4.69) is 6.07 Å². The molecule has 2 aromatic rings. The highest BCUT2D eigenvalue weighted by molar-refractivity contribution is 5.83. The standard InChI is InChI=1S/C12H13NO2/c1-8-3-4-11-10(7-8)5-6-13(11)9(2)12(14)15/h3-7,9H,1-2H3,(H,14,15). The molecule has 0 saturated heterocycles. The van der Waals surface area contributed by atoms with E-state index in [9.17, 15) is 4.79 Å². The van der Waals surface area contributed by atoms with Gasteiger partial charge >= 0.3 is 5.97 Å². The molecule has 3 nitrogen and oxygen atoms in total. The number of aromatic nitrogens is 1. The van der Waals surface area contributed by atoms with Crippen molar-refractivity contribution in [2.75, 3.05) is 0 Å². The van der Waals surface area contributed by atoms with E-state index in [-0.39, 0.29) is 0 Å². The van der Waals surface area contributed by atoms with Crippen LogP contribution in [0.3, 0.4) is 0 Å². The van der Waals surface area contributed by atoms with Crippen molar-refractivity contribution < 1.29 is 9.90 Å². The van der Waals surface area contributed by atoms with Gasteiger partial charge in [0.15, 0.2) is 0 Å². The maximum absolute atomic E-state index is 10.9. The van der Waals surface area contributed by atoms with Gasteiger partial charge < -0.3 is 9.67 Å². The van der Waals surface area contributed by atoms with Crippen molar-refractivity contribution in [3.8, 4) is 0 Å². The summed E-state index contributed by atoms with van der Waals surface area (Å²) in [6, 6.07) is 7.44. The van der Waals surface area contributed by atoms with Gasteiger partial charge in [-0.25, -0.2) is 4.79 Å². The van der Waals surface area contributed by atoms with Crippen LogP contribution in [0.5, 0.6) is 0 Å². The van der Waals surface area contributed by atoms with Crippen LogP contribution in [0, 0.1) is 6.92 Å². The van der Waals surface area contributed by atoms with E-state index in [1.807, 2.05) is 31.3 Å². The van der Waals surface area contributed by atoms with Gasteiger partial charge in [-0.15, -0.1) is 0 Å². The Morgan fingerprint density at radius 1 is 1.40 bits per heavy atom. The molecule has 0 aliphatic carbocycles. The molecule has 2 rings (SSSR count). The SMILES string of the molecule is Cc1ccc2c(ccn2C(C)C(=O)O)c1. The molecule has 0 aliphatic rings. The number of nitrogens with zero attached hydrogens (tertiary/aromatic N) is 1. The van der Waals surface area contributed by atoms with Gasteiger partial charge in [0.25, 0.3) is 0 Å². The maximum Gasteiger partial charge on any atom is 0.326 e. The van der Waals surface area contributed by atoms with Gasteiger partial charge in [0.05, 0.1) is 0 Å². The van der Waals surface area contributed by atoms with Crippen molar-refractivity contribution in [2.45, 2.75) is 19.9 Å². The van der Waals surface area contributed by atoms with Crippen LogP contribution in [-0.4, -0.2) is 15.6 Å². The first-order valence-electron chi connectivity index (χ1n) is 4.89. The second-order valence-electron chi connectivity index (χ2n) is 3.80. The van der Waals surface area contributed by atoms with Crippen molar-refractivity contribution in [1.29, 1.82) is 0 Å². The normalized spacial score (nSPS) is 12.9. The fraction of sp³-hybridized carbons (Fsp3) is 0.250. The van der Waals surface area contributed by atoms with E-state index in [1.165, 1.54) is 5.56 Å². The molecule has 0 spiro atoms. The van der Waals surface area contributed by atoms with E-state index in [4.69, 9.17) is 5.11 Å². The lowest BCUT2D eigenvalue weighted by Crippen LogP contribution is -2.14. The Hall–Kier alpha value is -1.77. The minimum Gasteiger partial charge on any atom is -0.480 e. The lowest BCUT2D eigenvalue weighted by atomic mass is 10.2. The molecular weight excluding hydrogens is 190 g/mol. The molecule has 1 aromatic carbocycles. The Morgan fingerprint density at radius 2 is 2.13 bits per heavy atom. The predicted molar refractivity (Wildman–Crippen MR) is 59.0 cm³/mol. The maximum atomic E-state index is 10.9. The van der Waals surface area contributed by atoms with Gasteiger partial charge in [-0.05, 0) is 37.4 Å². The topological polar surface area (TPSA) is 42.2 Å². The zero-order valence-corrected chi connectivity index (χ0v) is 8.77. The molecule has 78 valence electrons. The van der Waals surface area contributed by atoms with Gasteiger partial charge in [0, 0.05) is 11.7 Å². The van der Waals surface area contributed by atoms with Gasteiger partial charge in [0.2, 0.25) is 0 Å². The van der Waals surface area contributed by atoms with Crippen molar-refractivity contribution in [2.24, 2.45) is 0 Å². The number of carboxylic acid groups (broad SMARTS) is 1. The molecule has 1 atom stereocenters. The molecule has 0 aliphatic heterocycles. The molecule has 0 amide bonds. The summed E-state index contributed by atoms with van der Waals surface area (Å²) in [5.41, 5.74) is 2.15. The first kappa shape index (κ1) is 9.77. The Morgan fingerprint density at radius 3 is 2.80 bits per heavy atom. The molecule has 0 fully saturated rings. The molecule has 1 heterocycles. The average Bonchev–Trinajstić information content (AvgIpc) is 2.59. The molecule has 1 N–H and O–H groups in total. The number of rotatable bonds is 2. The van der Waals surface area contributed by atoms with Gasteiger partial charge in [-0.2, -0.15) is 0 Å². The van der Waals surface area contributed by atoms with Crippen LogP contribution in [0.2, 0.25) is 0 Å². The van der Waals surface area contributed by atoms with Crippen molar-refractivity contribution in [3.63, 3.8) is 0 Å². The Bertz CT molecular complexity index is 513. The highest BCUT2D eigenvalue weighted by atomic mass is 16.4. The summed E-state index contributed by atoms with van der Waals surface area (Å²) in [7, 11) is 0.